The summed E-state index contributed by atoms with van der Waals surface area (Å²) in [5.74, 6) is 0. The molecule has 1 aliphatic rings. The Morgan fingerprint density at radius 3 is 2.82 bits per heavy atom. The molecule has 0 saturated carbocycles. The van der Waals surface area contributed by atoms with Crippen molar-refractivity contribution in [1.29, 1.82) is 0 Å². The van der Waals surface area contributed by atoms with Crippen LogP contribution in [0.3, 0.4) is 0 Å². The zero-order chi connectivity index (χ0) is 8.27. The molecule has 0 aromatic heterocycles. The second-order valence-corrected chi connectivity index (χ2v) is 3.37. The quantitative estimate of drug-likeness (QED) is 0.577. The van der Waals surface area contributed by atoms with Crippen molar-refractivity contribution in [3.63, 3.8) is 0 Å². The second-order valence-electron chi connectivity index (χ2n) is 3.37. The summed E-state index contributed by atoms with van der Waals surface area (Å²) in [5.41, 5.74) is 0. The molecule has 3 nitrogen and oxygen atoms in total. The van der Waals surface area contributed by atoms with Gasteiger partial charge in [-0.25, -0.2) is 0 Å². The van der Waals surface area contributed by atoms with Crippen molar-refractivity contribution in [3.05, 3.63) is 0 Å². The molecule has 0 unspecified atom stereocenters. The van der Waals surface area contributed by atoms with E-state index >= 15 is 0 Å². The maximum Gasteiger partial charge on any atom is 0.0599 e. The zero-order valence-electron chi connectivity index (χ0n) is 7.38. The van der Waals surface area contributed by atoms with Crippen LogP contribution in [0.1, 0.15) is 13.8 Å². The third-order valence-electron chi connectivity index (χ3n) is 2.27. The first kappa shape index (κ1) is 8.97. The number of piperazine rings is 1. The summed E-state index contributed by atoms with van der Waals surface area (Å²) in [6.07, 6.45) is 0. The van der Waals surface area contributed by atoms with Crippen molar-refractivity contribution in [1.82, 2.24) is 10.2 Å². The summed E-state index contributed by atoms with van der Waals surface area (Å²) in [7, 11) is 0. The Hall–Kier alpha value is -0.120. The van der Waals surface area contributed by atoms with E-state index in [-0.39, 0.29) is 6.61 Å². The maximum atomic E-state index is 9.03. The van der Waals surface area contributed by atoms with Crippen LogP contribution in [0.15, 0.2) is 0 Å². The molecule has 66 valence electrons. The lowest BCUT2D eigenvalue weighted by molar-refractivity contribution is 0.0753. The minimum Gasteiger partial charge on any atom is -0.395 e. The van der Waals surface area contributed by atoms with Crippen molar-refractivity contribution in [2.45, 2.75) is 25.9 Å². The average molecular weight is 158 g/mol. The molecule has 0 aliphatic carbocycles. The summed E-state index contributed by atoms with van der Waals surface area (Å²) in [6, 6.07) is 0.873. The second kappa shape index (κ2) is 4.04. The Morgan fingerprint density at radius 2 is 2.36 bits per heavy atom. The third-order valence-corrected chi connectivity index (χ3v) is 2.27. The highest BCUT2D eigenvalue weighted by Gasteiger charge is 2.22. The Kier molecular flexibility index (Phi) is 3.30. The fraction of sp³-hybridized carbons (Fsp3) is 1.00. The van der Waals surface area contributed by atoms with Gasteiger partial charge < -0.3 is 10.4 Å². The number of aliphatic hydroxyl groups is 1. The molecule has 1 aliphatic heterocycles. The summed E-state index contributed by atoms with van der Waals surface area (Å²) >= 11 is 0. The first-order valence-corrected chi connectivity index (χ1v) is 4.33. The van der Waals surface area contributed by atoms with Gasteiger partial charge in [-0.1, -0.05) is 0 Å². The van der Waals surface area contributed by atoms with Crippen molar-refractivity contribution in [3.8, 4) is 0 Å². The molecule has 0 aromatic rings. The molecule has 1 saturated heterocycles. The van der Waals surface area contributed by atoms with Gasteiger partial charge in [0.2, 0.25) is 0 Å². The molecule has 0 radical (unpaired) electrons. The van der Waals surface area contributed by atoms with Gasteiger partial charge in [0.05, 0.1) is 6.61 Å². The molecule has 1 rings (SSSR count). The molecule has 0 spiro atoms. The van der Waals surface area contributed by atoms with Crippen LogP contribution in [0.25, 0.3) is 0 Å². The van der Waals surface area contributed by atoms with Crippen LogP contribution in [-0.2, 0) is 0 Å². The summed E-state index contributed by atoms with van der Waals surface area (Å²) in [4.78, 5) is 2.34. The molecule has 3 heteroatoms. The Bertz CT molecular complexity index is 117. The maximum absolute atomic E-state index is 9.03. The lowest BCUT2D eigenvalue weighted by Gasteiger charge is -2.37. The van der Waals surface area contributed by atoms with Gasteiger partial charge in [0.15, 0.2) is 0 Å². The molecule has 11 heavy (non-hydrogen) atoms. The molecule has 1 atom stereocenters. The number of aliphatic hydroxyl groups excluding tert-OH is 1. The molecule has 1 heterocycles. The number of nitrogens with zero attached hydrogens (tertiary/aromatic N) is 1. The predicted octanol–water partition coefficient (Wildman–Crippen LogP) is -0.339. The zero-order valence-corrected chi connectivity index (χ0v) is 7.38. The van der Waals surface area contributed by atoms with Gasteiger partial charge in [-0.2, -0.15) is 0 Å². The topological polar surface area (TPSA) is 35.5 Å². The normalized spacial score (nSPS) is 27.8. The lowest BCUT2D eigenvalue weighted by atomic mass is 10.1. The molecule has 0 bridgehead atoms. The van der Waals surface area contributed by atoms with Crippen molar-refractivity contribution < 1.29 is 5.11 Å². The predicted molar refractivity (Wildman–Crippen MR) is 45.6 cm³/mol. The minimum absolute atomic E-state index is 0.269. The van der Waals surface area contributed by atoms with Crippen LogP contribution in [0.2, 0.25) is 0 Å². The van der Waals surface area contributed by atoms with Gasteiger partial charge in [0.25, 0.3) is 0 Å². The van der Waals surface area contributed by atoms with Crippen molar-refractivity contribution in [2.24, 2.45) is 0 Å². The fourth-order valence-electron chi connectivity index (χ4n) is 1.63. The molecule has 0 amide bonds. The molecule has 1 fully saturated rings. The van der Waals surface area contributed by atoms with Crippen LogP contribution < -0.4 is 5.32 Å². The van der Waals surface area contributed by atoms with E-state index in [9.17, 15) is 0 Å². The first-order chi connectivity index (χ1) is 5.25. The molecule has 2 N–H and O–H groups in total. The van der Waals surface area contributed by atoms with E-state index in [1.165, 1.54) is 0 Å². The van der Waals surface area contributed by atoms with Crippen LogP contribution in [0, 0.1) is 0 Å². The lowest BCUT2D eigenvalue weighted by Crippen LogP contribution is -2.55. The van der Waals surface area contributed by atoms with E-state index in [4.69, 9.17) is 5.11 Å². The van der Waals surface area contributed by atoms with Crippen molar-refractivity contribution >= 4 is 0 Å². The van der Waals surface area contributed by atoms with Crippen LogP contribution in [-0.4, -0.2) is 48.3 Å². The van der Waals surface area contributed by atoms with Crippen LogP contribution in [0.5, 0.6) is 0 Å². The minimum atomic E-state index is 0.269. The number of hydrogen-bond donors (Lipinski definition) is 2. The SMILES string of the molecule is CC(C)N1CCNC[C@H]1CO. The van der Waals surface area contributed by atoms with E-state index < -0.39 is 0 Å². The summed E-state index contributed by atoms with van der Waals surface area (Å²) < 4.78 is 0. The Morgan fingerprint density at radius 1 is 1.64 bits per heavy atom. The average Bonchev–Trinajstić information content (AvgIpc) is 2.04. The highest BCUT2D eigenvalue weighted by atomic mass is 16.3. The van der Waals surface area contributed by atoms with Gasteiger partial charge in [0, 0.05) is 31.7 Å². The van der Waals surface area contributed by atoms with Gasteiger partial charge in [-0.15, -0.1) is 0 Å². The monoisotopic (exact) mass is 158 g/mol. The smallest absolute Gasteiger partial charge is 0.0599 e. The first-order valence-electron chi connectivity index (χ1n) is 4.33. The van der Waals surface area contributed by atoms with E-state index in [1.54, 1.807) is 0 Å². The van der Waals surface area contributed by atoms with Gasteiger partial charge in [0.1, 0.15) is 0 Å². The molecule has 0 aromatic carbocycles. The highest BCUT2D eigenvalue weighted by molar-refractivity contribution is 4.80. The van der Waals surface area contributed by atoms with Crippen molar-refractivity contribution in [2.75, 3.05) is 26.2 Å². The van der Waals surface area contributed by atoms with Gasteiger partial charge in [-0.05, 0) is 13.8 Å². The summed E-state index contributed by atoms with van der Waals surface area (Å²) in [6.45, 7) is 7.65. The fourth-order valence-corrected chi connectivity index (χ4v) is 1.63. The molecular weight excluding hydrogens is 140 g/mol. The van der Waals surface area contributed by atoms with Gasteiger partial charge in [-0.3, -0.25) is 4.90 Å². The number of nitrogens with one attached hydrogen (secondary N) is 1. The largest absolute Gasteiger partial charge is 0.395 e. The van der Waals surface area contributed by atoms with Crippen LogP contribution >= 0.6 is 0 Å². The van der Waals surface area contributed by atoms with E-state index in [1.807, 2.05) is 0 Å². The highest BCUT2D eigenvalue weighted by Crippen LogP contribution is 2.06. The summed E-state index contributed by atoms with van der Waals surface area (Å²) in [5, 5.41) is 12.3. The number of hydrogen-bond acceptors (Lipinski definition) is 3. The Labute approximate surface area is 68.4 Å². The third kappa shape index (κ3) is 2.15. The van der Waals surface area contributed by atoms with Crippen LogP contribution in [0.4, 0.5) is 0 Å². The molecular formula is C8H18N2O. The van der Waals surface area contributed by atoms with E-state index in [0.29, 0.717) is 12.1 Å². The number of rotatable bonds is 2. The van der Waals surface area contributed by atoms with E-state index in [2.05, 4.69) is 24.1 Å². The van der Waals surface area contributed by atoms with E-state index in [0.717, 1.165) is 19.6 Å². The Balaban J connectivity index is 2.44. The van der Waals surface area contributed by atoms with Gasteiger partial charge >= 0.3 is 0 Å². The standard InChI is InChI=1S/C8H18N2O/c1-7(2)10-4-3-9-5-8(10)6-11/h7-9,11H,3-6H2,1-2H3/t8-/m0/s1.